The summed E-state index contributed by atoms with van der Waals surface area (Å²) in [4.78, 5) is 48.7. The molecule has 0 bridgehead atoms. The van der Waals surface area contributed by atoms with Crippen LogP contribution in [0.2, 0.25) is 0 Å². The van der Waals surface area contributed by atoms with Gasteiger partial charge in [-0.2, -0.15) is 0 Å². The third kappa shape index (κ3) is 4.71. The van der Waals surface area contributed by atoms with Crippen molar-refractivity contribution in [3.05, 3.63) is 82.3 Å². The Hall–Kier alpha value is -3.52. The van der Waals surface area contributed by atoms with E-state index in [1.54, 1.807) is 29.8 Å². The van der Waals surface area contributed by atoms with E-state index >= 15 is 0 Å². The van der Waals surface area contributed by atoms with Gasteiger partial charge in [0.2, 0.25) is 17.7 Å². The van der Waals surface area contributed by atoms with Crippen LogP contribution in [0.25, 0.3) is 0 Å². The number of carbonyl (C=O) groups is 3. The van der Waals surface area contributed by atoms with Crippen molar-refractivity contribution >= 4 is 29.1 Å². The smallest absolute Gasteiger partial charge is 0.240 e. The lowest BCUT2D eigenvalue weighted by atomic mass is 9.75. The highest BCUT2D eigenvalue weighted by molar-refractivity contribution is 7.10. The van der Waals surface area contributed by atoms with Crippen LogP contribution in [-0.4, -0.2) is 52.2 Å². The lowest BCUT2D eigenvalue weighted by Crippen LogP contribution is -2.44. The van der Waals surface area contributed by atoms with E-state index in [0.29, 0.717) is 37.4 Å². The quantitative estimate of drug-likeness (QED) is 0.357. The van der Waals surface area contributed by atoms with Crippen molar-refractivity contribution < 1.29 is 19.1 Å². The summed E-state index contributed by atoms with van der Waals surface area (Å²) in [5.41, 5.74) is 0.718. The predicted molar refractivity (Wildman–Crippen MR) is 132 cm³/mol. The van der Waals surface area contributed by atoms with Gasteiger partial charge in [0, 0.05) is 43.5 Å². The molecule has 2 aliphatic rings. The average Bonchev–Trinajstić information content (AvgIpc) is 3.45. The molecule has 5 rings (SSSR count). The highest BCUT2D eigenvalue weighted by atomic mass is 32.1. The maximum Gasteiger partial charge on any atom is 0.240 e. The lowest BCUT2D eigenvalue weighted by molar-refractivity contribution is -0.143. The molecule has 8 heteroatoms. The zero-order valence-electron chi connectivity index (χ0n) is 19.4. The fourth-order valence-corrected chi connectivity index (χ4v) is 5.82. The van der Waals surface area contributed by atoms with Crippen molar-refractivity contribution in [1.29, 1.82) is 0 Å². The van der Waals surface area contributed by atoms with Gasteiger partial charge in [0.05, 0.1) is 18.2 Å². The molecule has 0 radical (unpaired) electrons. The fourth-order valence-electron chi connectivity index (χ4n) is 4.93. The molecule has 1 fully saturated rings. The number of benzene rings is 1. The second-order valence-corrected chi connectivity index (χ2v) is 9.98. The summed E-state index contributed by atoms with van der Waals surface area (Å²) < 4.78 is 5.67. The SMILES string of the molecule is O=C(C[C@@]1(c2ccccc2)CC(=O)N(CCCOc2cccnc2)C1=O)N1CCc2sccc2C1. The number of fused-ring (bicyclic) bond motifs is 1. The van der Waals surface area contributed by atoms with Crippen molar-refractivity contribution in [2.45, 2.75) is 37.6 Å². The number of aromatic nitrogens is 1. The Bertz CT molecular complexity index is 1210. The molecule has 3 amide bonds. The summed E-state index contributed by atoms with van der Waals surface area (Å²) in [7, 11) is 0. The first-order valence-corrected chi connectivity index (χ1v) is 12.7. The minimum absolute atomic E-state index is 0.00257. The van der Waals surface area contributed by atoms with E-state index in [-0.39, 0.29) is 37.1 Å². The Balaban J connectivity index is 1.31. The summed E-state index contributed by atoms with van der Waals surface area (Å²) in [5, 5.41) is 2.05. The second-order valence-electron chi connectivity index (χ2n) is 8.98. The number of nitrogens with zero attached hydrogens (tertiary/aromatic N) is 3. The van der Waals surface area contributed by atoms with Gasteiger partial charge in [0.25, 0.3) is 0 Å². The van der Waals surface area contributed by atoms with Crippen molar-refractivity contribution in [3.8, 4) is 5.75 Å². The number of rotatable bonds is 8. The van der Waals surface area contributed by atoms with Crippen LogP contribution in [0.4, 0.5) is 0 Å². The van der Waals surface area contributed by atoms with Gasteiger partial charge in [0.1, 0.15) is 5.75 Å². The van der Waals surface area contributed by atoms with Crippen molar-refractivity contribution in [3.63, 3.8) is 0 Å². The fraction of sp³-hybridized carbons (Fsp3) is 0.333. The summed E-state index contributed by atoms with van der Waals surface area (Å²) in [6, 6.07) is 14.9. The van der Waals surface area contributed by atoms with E-state index in [4.69, 9.17) is 4.74 Å². The van der Waals surface area contributed by atoms with Crippen LogP contribution < -0.4 is 4.74 Å². The molecule has 4 heterocycles. The summed E-state index contributed by atoms with van der Waals surface area (Å²) in [5.74, 6) is 0.0168. The third-order valence-electron chi connectivity index (χ3n) is 6.78. The topological polar surface area (TPSA) is 79.8 Å². The average molecular weight is 490 g/mol. The normalized spacial score (nSPS) is 19.7. The minimum Gasteiger partial charge on any atom is -0.492 e. The van der Waals surface area contributed by atoms with Crippen LogP contribution in [0.3, 0.4) is 0 Å². The Morgan fingerprint density at radius 1 is 1.11 bits per heavy atom. The lowest BCUT2D eigenvalue weighted by Gasteiger charge is -2.32. The number of carbonyl (C=O) groups excluding carboxylic acids is 3. The van der Waals surface area contributed by atoms with E-state index < -0.39 is 5.41 Å². The second kappa shape index (κ2) is 10.00. The highest BCUT2D eigenvalue weighted by Crippen LogP contribution is 2.41. The largest absolute Gasteiger partial charge is 0.492 e. The maximum absolute atomic E-state index is 13.8. The number of pyridine rings is 1. The number of thiophene rings is 1. The Kier molecular flexibility index (Phi) is 6.63. The van der Waals surface area contributed by atoms with Gasteiger partial charge in [-0.15, -0.1) is 11.3 Å². The molecule has 1 atom stereocenters. The van der Waals surface area contributed by atoms with E-state index in [2.05, 4.69) is 16.4 Å². The highest BCUT2D eigenvalue weighted by Gasteiger charge is 2.53. The Morgan fingerprint density at radius 2 is 1.97 bits per heavy atom. The van der Waals surface area contributed by atoms with Gasteiger partial charge in [0.15, 0.2) is 0 Å². The first kappa shape index (κ1) is 23.2. The number of likely N-dealkylation sites (tertiary alicyclic amines) is 1. The molecule has 0 saturated carbocycles. The van der Waals surface area contributed by atoms with Crippen molar-refractivity contribution in [2.24, 2.45) is 0 Å². The maximum atomic E-state index is 13.8. The van der Waals surface area contributed by atoms with Gasteiger partial charge in [-0.3, -0.25) is 24.3 Å². The third-order valence-corrected chi connectivity index (χ3v) is 7.80. The van der Waals surface area contributed by atoms with E-state index in [1.807, 2.05) is 41.3 Å². The Morgan fingerprint density at radius 3 is 2.77 bits per heavy atom. The molecule has 2 aromatic heterocycles. The zero-order valence-corrected chi connectivity index (χ0v) is 20.2. The predicted octanol–water partition coefficient (Wildman–Crippen LogP) is 3.58. The minimum atomic E-state index is -1.17. The van der Waals surface area contributed by atoms with Crippen molar-refractivity contribution in [1.82, 2.24) is 14.8 Å². The summed E-state index contributed by atoms with van der Waals surface area (Å²) >= 11 is 1.72. The molecule has 1 aromatic carbocycles. The number of imide groups is 1. The van der Waals surface area contributed by atoms with E-state index in [1.165, 1.54) is 15.3 Å². The van der Waals surface area contributed by atoms with Crippen LogP contribution in [0.5, 0.6) is 5.75 Å². The first-order chi connectivity index (χ1) is 17.1. The van der Waals surface area contributed by atoms with Crippen LogP contribution >= 0.6 is 11.3 Å². The monoisotopic (exact) mass is 489 g/mol. The molecule has 0 unspecified atom stereocenters. The summed E-state index contributed by atoms with van der Waals surface area (Å²) in [6.45, 7) is 1.80. The van der Waals surface area contributed by atoms with E-state index in [0.717, 1.165) is 6.42 Å². The molecule has 180 valence electrons. The molecular weight excluding hydrogens is 462 g/mol. The van der Waals surface area contributed by atoms with Crippen LogP contribution in [-0.2, 0) is 32.8 Å². The Labute approximate surface area is 208 Å². The molecular formula is C27H27N3O4S. The van der Waals surface area contributed by atoms with Gasteiger partial charge >= 0.3 is 0 Å². The summed E-state index contributed by atoms with van der Waals surface area (Å²) in [6.07, 6.45) is 4.61. The molecule has 0 spiro atoms. The van der Waals surface area contributed by atoms with Gasteiger partial charge < -0.3 is 9.64 Å². The van der Waals surface area contributed by atoms with Crippen LogP contribution in [0, 0.1) is 0 Å². The van der Waals surface area contributed by atoms with Crippen LogP contribution in [0.1, 0.15) is 35.3 Å². The zero-order chi connectivity index (χ0) is 24.3. The number of amides is 3. The number of hydrogen-bond donors (Lipinski definition) is 0. The van der Waals surface area contributed by atoms with Gasteiger partial charge in [-0.1, -0.05) is 30.3 Å². The first-order valence-electron chi connectivity index (χ1n) is 11.8. The molecule has 1 saturated heterocycles. The van der Waals surface area contributed by atoms with Crippen LogP contribution in [0.15, 0.2) is 66.3 Å². The van der Waals surface area contributed by atoms with Crippen molar-refractivity contribution in [2.75, 3.05) is 19.7 Å². The number of ether oxygens (including phenoxy) is 1. The molecule has 3 aromatic rings. The molecule has 7 nitrogen and oxygen atoms in total. The number of hydrogen-bond acceptors (Lipinski definition) is 6. The standard InChI is InChI=1S/C27H27N3O4S/c31-24(29-13-9-23-20(19-29)10-15-35-23)16-27(21-6-2-1-3-7-21)17-25(32)30(26(27)33)12-5-14-34-22-8-4-11-28-18-22/h1-4,6-8,10-11,15,18H,5,9,12-14,16-17,19H2/t27-/m0/s1. The van der Waals surface area contributed by atoms with E-state index in [9.17, 15) is 14.4 Å². The van der Waals surface area contributed by atoms with Gasteiger partial charge in [-0.05, 0) is 47.5 Å². The van der Waals surface area contributed by atoms with Gasteiger partial charge in [-0.25, -0.2) is 0 Å². The molecule has 2 aliphatic heterocycles. The molecule has 0 N–H and O–H groups in total. The molecule has 0 aliphatic carbocycles. The molecule has 35 heavy (non-hydrogen) atoms.